The van der Waals surface area contributed by atoms with Crippen molar-refractivity contribution in [3.05, 3.63) is 39.8 Å². The molecular formula is C17H25N3O2S. The van der Waals surface area contributed by atoms with Gasteiger partial charge < -0.3 is 14.7 Å². The van der Waals surface area contributed by atoms with Crippen LogP contribution >= 0.6 is 11.3 Å². The Bertz CT molecular complexity index is 584. The van der Waals surface area contributed by atoms with E-state index in [9.17, 15) is 5.11 Å². The Morgan fingerprint density at radius 3 is 3.22 bits per heavy atom. The quantitative estimate of drug-likeness (QED) is 0.816. The van der Waals surface area contributed by atoms with Crippen LogP contribution in [0.5, 0.6) is 0 Å². The predicted molar refractivity (Wildman–Crippen MR) is 91.7 cm³/mol. The monoisotopic (exact) mass is 335 g/mol. The van der Waals surface area contributed by atoms with Gasteiger partial charge in [0.1, 0.15) is 0 Å². The lowest BCUT2D eigenvalue weighted by molar-refractivity contribution is 0.00634. The maximum absolute atomic E-state index is 10.2. The molecule has 2 atom stereocenters. The average molecular weight is 335 g/mol. The highest BCUT2D eigenvalue weighted by molar-refractivity contribution is 7.09. The number of β-amino-alcohol motifs (C(OH)–C–C–N with tert-alkyl or cyclic N) is 1. The van der Waals surface area contributed by atoms with Crippen molar-refractivity contribution < 1.29 is 9.84 Å². The number of likely N-dealkylation sites (tertiary alicyclic amines) is 1. The van der Waals surface area contributed by atoms with Crippen molar-refractivity contribution in [1.82, 2.24) is 15.1 Å². The average Bonchev–Trinajstić information content (AvgIpc) is 3.19. The molecule has 5 nitrogen and oxygen atoms in total. The highest BCUT2D eigenvalue weighted by Gasteiger charge is 2.24. The van der Waals surface area contributed by atoms with E-state index in [0.717, 1.165) is 30.9 Å². The fourth-order valence-electron chi connectivity index (χ4n) is 3.15. The molecule has 0 amide bonds. The van der Waals surface area contributed by atoms with Gasteiger partial charge >= 0.3 is 0 Å². The molecule has 3 heterocycles. The lowest BCUT2D eigenvalue weighted by atomic mass is 9.94. The molecule has 2 aromatic rings. The van der Waals surface area contributed by atoms with Crippen LogP contribution in [0.4, 0.5) is 0 Å². The second-order valence-corrected chi connectivity index (χ2v) is 7.36. The summed E-state index contributed by atoms with van der Waals surface area (Å²) in [7, 11) is 0. The van der Waals surface area contributed by atoms with Crippen LogP contribution in [0.2, 0.25) is 0 Å². The van der Waals surface area contributed by atoms with Gasteiger partial charge in [-0.2, -0.15) is 5.10 Å². The van der Waals surface area contributed by atoms with Crippen molar-refractivity contribution in [3.63, 3.8) is 0 Å². The van der Waals surface area contributed by atoms with E-state index >= 15 is 0 Å². The number of aromatic amines is 1. The topological polar surface area (TPSA) is 61.4 Å². The van der Waals surface area contributed by atoms with Crippen LogP contribution in [-0.2, 0) is 11.3 Å². The summed E-state index contributed by atoms with van der Waals surface area (Å²) in [5, 5.41) is 19.7. The molecular weight excluding hydrogens is 310 g/mol. The van der Waals surface area contributed by atoms with E-state index in [2.05, 4.69) is 27.2 Å². The van der Waals surface area contributed by atoms with E-state index in [0.29, 0.717) is 25.7 Å². The largest absolute Gasteiger partial charge is 0.389 e. The van der Waals surface area contributed by atoms with Crippen LogP contribution in [0.15, 0.2) is 23.6 Å². The van der Waals surface area contributed by atoms with Crippen molar-refractivity contribution >= 4 is 11.3 Å². The third-order valence-electron chi connectivity index (χ3n) is 4.25. The Hall–Kier alpha value is -1.21. The molecule has 23 heavy (non-hydrogen) atoms. The van der Waals surface area contributed by atoms with Crippen molar-refractivity contribution in [2.75, 3.05) is 26.2 Å². The molecule has 1 fully saturated rings. The van der Waals surface area contributed by atoms with Crippen molar-refractivity contribution in [1.29, 1.82) is 0 Å². The number of hydrogen-bond acceptors (Lipinski definition) is 5. The summed E-state index contributed by atoms with van der Waals surface area (Å²) in [6.07, 6.45) is 1.89. The molecule has 126 valence electrons. The zero-order chi connectivity index (χ0) is 16.1. The standard InChI is InChI=1S/C17H25N3O2S/c1-13-8-17(19-18-13)14-4-2-6-20(9-14)10-15(21)11-22-12-16-5-3-7-23-16/h3,5,7-8,14-15,21H,2,4,6,9-12H2,1H3,(H,18,19)/t14-,15+/m0/s1. The zero-order valence-electron chi connectivity index (χ0n) is 13.6. The maximum Gasteiger partial charge on any atom is 0.0900 e. The van der Waals surface area contributed by atoms with E-state index in [1.54, 1.807) is 11.3 Å². The Balaban J connectivity index is 1.41. The number of H-pyrrole nitrogens is 1. The Morgan fingerprint density at radius 1 is 1.57 bits per heavy atom. The minimum Gasteiger partial charge on any atom is -0.389 e. The van der Waals surface area contributed by atoms with E-state index in [1.165, 1.54) is 11.3 Å². The van der Waals surface area contributed by atoms with E-state index < -0.39 is 6.10 Å². The Kier molecular flexibility index (Phi) is 5.83. The number of nitrogens with one attached hydrogen (secondary N) is 1. The number of thiophene rings is 1. The van der Waals surface area contributed by atoms with Crippen LogP contribution in [0, 0.1) is 6.92 Å². The predicted octanol–water partition coefficient (Wildman–Crippen LogP) is 2.54. The number of aliphatic hydroxyl groups excluding tert-OH is 1. The molecule has 1 aliphatic rings. The first-order chi connectivity index (χ1) is 11.2. The van der Waals surface area contributed by atoms with Crippen molar-refractivity contribution in [2.24, 2.45) is 0 Å². The van der Waals surface area contributed by atoms with Crippen LogP contribution in [0.25, 0.3) is 0 Å². The third-order valence-corrected chi connectivity index (χ3v) is 5.10. The summed E-state index contributed by atoms with van der Waals surface area (Å²) in [5.41, 5.74) is 2.26. The van der Waals surface area contributed by atoms with Gasteiger partial charge in [0.05, 0.1) is 25.0 Å². The van der Waals surface area contributed by atoms with Gasteiger partial charge in [-0.1, -0.05) is 6.07 Å². The molecule has 2 N–H and O–H groups in total. The number of hydrogen-bond donors (Lipinski definition) is 2. The molecule has 3 rings (SSSR count). The first kappa shape index (κ1) is 16.6. The van der Waals surface area contributed by atoms with Crippen molar-refractivity contribution in [2.45, 2.75) is 38.4 Å². The maximum atomic E-state index is 10.2. The SMILES string of the molecule is Cc1cc([C@H]2CCCN(C[C@@H](O)COCc3cccs3)C2)n[nH]1. The van der Waals surface area contributed by atoms with Gasteiger partial charge in [0.2, 0.25) is 0 Å². The molecule has 0 unspecified atom stereocenters. The van der Waals surface area contributed by atoms with Crippen molar-refractivity contribution in [3.8, 4) is 0 Å². The molecule has 0 aliphatic carbocycles. The van der Waals surface area contributed by atoms with Crippen LogP contribution in [-0.4, -0.2) is 52.5 Å². The molecule has 0 bridgehead atoms. The van der Waals surface area contributed by atoms with Crippen LogP contribution in [0.1, 0.15) is 35.0 Å². The van der Waals surface area contributed by atoms with Crippen LogP contribution in [0.3, 0.4) is 0 Å². The van der Waals surface area contributed by atoms with Gasteiger partial charge in [0, 0.05) is 29.6 Å². The number of ether oxygens (including phenoxy) is 1. The third kappa shape index (κ3) is 4.88. The summed E-state index contributed by atoms with van der Waals surface area (Å²) in [5.74, 6) is 0.466. The van der Waals surface area contributed by atoms with Gasteiger partial charge in [0.25, 0.3) is 0 Å². The van der Waals surface area contributed by atoms with Gasteiger partial charge in [-0.15, -0.1) is 11.3 Å². The molecule has 0 aromatic carbocycles. The highest BCUT2D eigenvalue weighted by atomic mass is 32.1. The summed E-state index contributed by atoms with van der Waals surface area (Å²) in [6, 6.07) is 6.21. The molecule has 0 spiro atoms. The summed E-state index contributed by atoms with van der Waals surface area (Å²) < 4.78 is 5.61. The number of piperidine rings is 1. The van der Waals surface area contributed by atoms with Crippen LogP contribution < -0.4 is 0 Å². The molecule has 0 saturated carbocycles. The highest BCUT2D eigenvalue weighted by Crippen LogP contribution is 2.25. The lowest BCUT2D eigenvalue weighted by Crippen LogP contribution is -2.40. The Labute approximate surface area is 141 Å². The van der Waals surface area contributed by atoms with E-state index in [1.807, 2.05) is 18.4 Å². The molecule has 0 radical (unpaired) electrons. The molecule has 6 heteroatoms. The van der Waals surface area contributed by atoms with Gasteiger partial charge in [0.15, 0.2) is 0 Å². The number of rotatable bonds is 7. The second kappa shape index (κ2) is 8.06. The molecule has 2 aromatic heterocycles. The van der Waals surface area contributed by atoms with E-state index in [4.69, 9.17) is 4.74 Å². The summed E-state index contributed by atoms with van der Waals surface area (Å²) in [4.78, 5) is 3.53. The molecule has 1 saturated heterocycles. The zero-order valence-corrected chi connectivity index (χ0v) is 14.4. The number of aromatic nitrogens is 2. The number of nitrogens with zero attached hydrogens (tertiary/aromatic N) is 2. The lowest BCUT2D eigenvalue weighted by Gasteiger charge is -2.33. The second-order valence-electron chi connectivity index (χ2n) is 6.32. The first-order valence-electron chi connectivity index (χ1n) is 8.23. The fourth-order valence-corrected chi connectivity index (χ4v) is 3.79. The number of aliphatic hydroxyl groups is 1. The Morgan fingerprint density at radius 2 is 2.48 bits per heavy atom. The number of aryl methyl sites for hydroxylation is 1. The summed E-state index contributed by atoms with van der Waals surface area (Å²) in [6.45, 7) is 5.69. The first-order valence-corrected chi connectivity index (χ1v) is 9.11. The fraction of sp³-hybridized carbons (Fsp3) is 0.588. The van der Waals surface area contributed by atoms with Gasteiger partial charge in [-0.25, -0.2) is 0 Å². The minimum atomic E-state index is -0.436. The smallest absolute Gasteiger partial charge is 0.0900 e. The normalized spacial score (nSPS) is 20.7. The van der Waals surface area contributed by atoms with Gasteiger partial charge in [-0.05, 0) is 43.8 Å². The molecule has 1 aliphatic heterocycles. The van der Waals surface area contributed by atoms with E-state index in [-0.39, 0.29) is 0 Å². The summed E-state index contributed by atoms with van der Waals surface area (Å²) >= 11 is 1.68. The van der Waals surface area contributed by atoms with Gasteiger partial charge in [-0.3, -0.25) is 5.10 Å². The minimum absolute atomic E-state index is 0.389.